The lowest BCUT2D eigenvalue weighted by atomic mass is 10.2. The highest BCUT2D eigenvalue weighted by Crippen LogP contribution is 2.30. The first-order valence-corrected chi connectivity index (χ1v) is 7.92. The summed E-state index contributed by atoms with van der Waals surface area (Å²) in [6.07, 6.45) is 1.21. The summed E-state index contributed by atoms with van der Waals surface area (Å²) in [6, 6.07) is 8.19. The summed E-state index contributed by atoms with van der Waals surface area (Å²) in [6.45, 7) is 1.96. The van der Waals surface area contributed by atoms with E-state index in [0.717, 1.165) is 9.75 Å². The molecule has 0 radical (unpaired) electrons. The Bertz CT molecular complexity index is 844. The second-order valence-electron chi connectivity index (χ2n) is 4.52. The fraction of sp³-hybridized carbons (Fsp3) is 0.0667. The summed E-state index contributed by atoms with van der Waals surface area (Å²) >= 11 is 4.66. The number of hydrogen-bond acceptors (Lipinski definition) is 4. The van der Waals surface area contributed by atoms with Crippen LogP contribution in [0.3, 0.4) is 0 Å². The highest BCUT2D eigenvalue weighted by atomic mass is 79.9. The van der Waals surface area contributed by atoms with E-state index in [9.17, 15) is 9.18 Å². The van der Waals surface area contributed by atoms with Crippen LogP contribution in [-0.2, 0) is 0 Å². The monoisotopic (exact) mass is 380 g/mol. The molecule has 0 saturated heterocycles. The van der Waals surface area contributed by atoms with Crippen LogP contribution in [0.5, 0.6) is 0 Å². The van der Waals surface area contributed by atoms with Crippen LogP contribution in [-0.4, -0.2) is 10.9 Å². The normalized spacial score (nSPS) is 10.7. The molecular weight excluding hydrogens is 371 g/mol. The van der Waals surface area contributed by atoms with Crippen molar-refractivity contribution in [1.82, 2.24) is 4.98 Å². The lowest BCUT2D eigenvalue weighted by Crippen LogP contribution is -2.14. The van der Waals surface area contributed by atoms with E-state index in [1.165, 1.54) is 29.9 Å². The Labute approximate surface area is 138 Å². The van der Waals surface area contributed by atoms with E-state index in [1.54, 1.807) is 6.07 Å². The first-order valence-electron chi connectivity index (χ1n) is 6.31. The zero-order valence-electron chi connectivity index (χ0n) is 11.4. The molecule has 112 valence electrons. The molecule has 0 aliphatic carbocycles. The largest absolute Gasteiger partial charge is 0.442 e. The number of benzene rings is 1. The zero-order valence-corrected chi connectivity index (χ0v) is 13.8. The van der Waals surface area contributed by atoms with Crippen LogP contribution in [0.2, 0.25) is 0 Å². The van der Waals surface area contributed by atoms with Crippen LogP contribution in [0.15, 0.2) is 45.6 Å². The molecule has 7 heteroatoms. The molecule has 1 N–H and O–H groups in total. The van der Waals surface area contributed by atoms with Crippen molar-refractivity contribution >= 4 is 38.9 Å². The molecule has 0 bridgehead atoms. The summed E-state index contributed by atoms with van der Waals surface area (Å²) in [5.41, 5.74) is 0.216. The molecule has 0 saturated carbocycles. The Balaban J connectivity index is 1.89. The van der Waals surface area contributed by atoms with E-state index in [0.29, 0.717) is 10.2 Å². The summed E-state index contributed by atoms with van der Waals surface area (Å²) in [5.74, 6) is -0.663. The Hall–Kier alpha value is -1.99. The van der Waals surface area contributed by atoms with Gasteiger partial charge in [0.1, 0.15) is 5.82 Å². The predicted octanol–water partition coefficient (Wildman–Crippen LogP) is 4.87. The number of aromatic nitrogens is 1. The van der Waals surface area contributed by atoms with Gasteiger partial charge < -0.3 is 9.73 Å². The van der Waals surface area contributed by atoms with Crippen molar-refractivity contribution in [3.8, 4) is 10.6 Å². The summed E-state index contributed by atoms with van der Waals surface area (Å²) in [4.78, 5) is 18.1. The smallest absolute Gasteiger partial charge is 0.278 e. The van der Waals surface area contributed by atoms with E-state index in [1.807, 2.05) is 19.1 Å². The molecule has 3 aromatic rings. The molecule has 0 fully saturated rings. The van der Waals surface area contributed by atoms with E-state index in [4.69, 9.17) is 4.42 Å². The predicted molar refractivity (Wildman–Crippen MR) is 86.6 cm³/mol. The maximum Gasteiger partial charge on any atom is 0.278 e. The summed E-state index contributed by atoms with van der Waals surface area (Å²) in [7, 11) is 0. The molecule has 0 spiro atoms. The molecular formula is C15H10BrFN2O2S. The number of anilines is 1. The lowest BCUT2D eigenvalue weighted by molar-refractivity contribution is 0.102. The van der Waals surface area contributed by atoms with E-state index < -0.39 is 11.7 Å². The molecule has 0 atom stereocenters. The lowest BCUT2D eigenvalue weighted by Gasteiger charge is -2.05. The summed E-state index contributed by atoms with van der Waals surface area (Å²) in [5, 5.41) is 2.50. The highest BCUT2D eigenvalue weighted by molar-refractivity contribution is 9.10. The standard InChI is InChI=1S/C15H10BrFN2O2S/c1-8-2-5-12(22-8)14-13(18-7-21-14)15(20)19-11-4-3-9(16)6-10(11)17/h2-7H,1H3,(H,19,20). The Kier molecular flexibility index (Phi) is 4.08. The van der Waals surface area contributed by atoms with Crippen molar-refractivity contribution in [3.63, 3.8) is 0 Å². The number of aryl methyl sites for hydroxylation is 1. The van der Waals surface area contributed by atoms with Gasteiger partial charge in [0.05, 0.1) is 10.6 Å². The number of halogens is 2. The maximum atomic E-state index is 13.8. The van der Waals surface area contributed by atoms with Gasteiger partial charge in [-0.2, -0.15) is 0 Å². The van der Waals surface area contributed by atoms with Gasteiger partial charge in [-0.1, -0.05) is 15.9 Å². The third-order valence-electron chi connectivity index (χ3n) is 2.93. The van der Waals surface area contributed by atoms with Gasteiger partial charge >= 0.3 is 0 Å². The minimum atomic E-state index is -0.528. The Morgan fingerprint density at radius 3 is 2.86 bits per heavy atom. The second kappa shape index (κ2) is 6.02. The van der Waals surface area contributed by atoms with Gasteiger partial charge in [0.15, 0.2) is 17.8 Å². The summed E-state index contributed by atoms with van der Waals surface area (Å²) < 4.78 is 19.7. The van der Waals surface area contributed by atoms with Gasteiger partial charge in [0.25, 0.3) is 5.91 Å². The quantitative estimate of drug-likeness (QED) is 0.705. The number of carbonyl (C=O) groups excluding carboxylic acids is 1. The van der Waals surface area contributed by atoms with Crippen molar-refractivity contribution in [2.24, 2.45) is 0 Å². The molecule has 4 nitrogen and oxygen atoms in total. The van der Waals surface area contributed by atoms with Crippen molar-refractivity contribution in [2.75, 3.05) is 5.32 Å². The maximum absolute atomic E-state index is 13.8. The topological polar surface area (TPSA) is 55.1 Å². The highest BCUT2D eigenvalue weighted by Gasteiger charge is 2.20. The SMILES string of the molecule is Cc1ccc(-c2ocnc2C(=O)Nc2ccc(Br)cc2F)s1. The number of oxazole rings is 1. The number of carbonyl (C=O) groups is 1. The van der Waals surface area contributed by atoms with Crippen molar-refractivity contribution in [3.05, 3.63) is 57.6 Å². The van der Waals surface area contributed by atoms with Crippen LogP contribution in [0.25, 0.3) is 10.6 Å². The van der Waals surface area contributed by atoms with Crippen LogP contribution in [0.1, 0.15) is 15.4 Å². The third-order valence-corrected chi connectivity index (χ3v) is 4.42. The second-order valence-corrected chi connectivity index (χ2v) is 6.72. The number of nitrogens with zero attached hydrogens (tertiary/aromatic N) is 1. The van der Waals surface area contributed by atoms with Gasteiger partial charge in [-0.3, -0.25) is 4.79 Å². The number of amides is 1. The van der Waals surface area contributed by atoms with Crippen LogP contribution >= 0.6 is 27.3 Å². The van der Waals surface area contributed by atoms with Gasteiger partial charge in [-0.25, -0.2) is 9.37 Å². The van der Waals surface area contributed by atoms with Gasteiger partial charge in [0, 0.05) is 9.35 Å². The van der Waals surface area contributed by atoms with E-state index in [-0.39, 0.29) is 11.4 Å². The van der Waals surface area contributed by atoms with Crippen LogP contribution in [0.4, 0.5) is 10.1 Å². The minimum Gasteiger partial charge on any atom is -0.442 e. The van der Waals surface area contributed by atoms with Crippen molar-refractivity contribution < 1.29 is 13.6 Å². The molecule has 0 aliphatic heterocycles. The molecule has 2 aromatic heterocycles. The molecule has 0 aliphatic rings. The molecule has 2 heterocycles. The number of nitrogens with one attached hydrogen (secondary N) is 1. The number of hydrogen-bond donors (Lipinski definition) is 1. The van der Waals surface area contributed by atoms with Crippen LogP contribution in [0, 0.1) is 12.7 Å². The molecule has 22 heavy (non-hydrogen) atoms. The Morgan fingerprint density at radius 2 is 2.18 bits per heavy atom. The third kappa shape index (κ3) is 2.95. The number of rotatable bonds is 3. The molecule has 1 amide bonds. The van der Waals surface area contributed by atoms with E-state index in [2.05, 4.69) is 26.2 Å². The number of thiophene rings is 1. The molecule has 3 rings (SSSR count). The van der Waals surface area contributed by atoms with Gasteiger partial charge in [0.2, 0.25) is 0 Å². The van der Waals surface area contributed by atoms with E-state index >= 15 is 0 Å². The Morgan fingerprint density at radius 1 is 1.36 bits per heavy atom. The first kappa shape index (κ1) is 14.9. The van der Waals surface area contributed by atoms with Crippen molar-refractivity contribution in [2.45, 2.75) is 6.92 Å². The van der Waals surface area contributed by atoms with Gasteiger partial charge in [-0.05, 0) is 37.3 Å². The van der Waals surface area contributed by atoms with Gasteiger partial charge in [-0.15, -0.1) is 11.3 Å². The minimum absolute atomic E-state index is 0.0875. The first-order chi connectivity index (χ1) is 10.5. The fourth-order valence-electron chi connectivity index (χ4n) is 1.91. The molecule has 0 unspecified atom stereocenters. The average molecular weight is 381 g/mol. The van der Waals surface area contributed by atoms with Crippen LogP contribution < -0.4 is 5.32 Å². The average Bonchev–Trinajstić information content (AvgIpc) is 3.10. The van der Waals surface area contributed by atoms with Crippen molar-refractivity contribution in [1.29, 1.82) is 0 Å². The zero-order chi connectivity index (χ0) is 15.7. The fourth-order valence-corrected chi connectivity index (χ4v) is 3.10. The molecule has 1 aromatic carbocycles.